The first-order valence-electron chi connectivity index (χ1n) is 4.10. The molecule has 2 atom stereocenters. The van der Waals surface area contributed by atoms with Gasteiger partial charge in [-0.25, -0.2) is 0 Å². The number of hydrogen-bond donors (Lipinski definition) is 1. The normalized spacial score (nSPS) is 15.9. The van der Waals surface area contributed by atoms with Gasteiger partial charge < -0.3 is 10.5 Å². The average molecular weight is 185 g/mol. The van der Waals surface area contributed by atoms with Crippen LogP contribution >= 0.6 is 11.3 Å². The highest BCUT2D eigenvalue weighted by Crippen LogP contribution is 2.20. The fourth-order valence-corrected chi connectivity index (χ4v) is 1.95. The summed E-state index contributed by atoms with van der Waals surface area (Å²) < 4.78 is 5.26. The zero-order valence-corrected chi connectivity index (χ0v) is 8.30. The molecule has 1 heterocycles. The monoisotopic (exact) mass is 185 g/mol. The Kier molecular flexibility index (Phi) is 3.72. The molecule has 2 unspecified atom stereocenters. The Morgan fingerprint density at radius 3 is 2.83 bits per heavy atom. The minimum Gasteiger partial charge on any atom is -0.379 e. The number of rotatable bonds is 4. The van der Waals surface area contributed by atoms with Crippen LogP contribution in [0.15, 0.2) is 16.8 Å². The van der Waals surface area contributed by atoms with Crippen molar-refractivity contribution in [3.63, 3.8) is 0 Å². The molecule has 0 bridgehead atoms. The van der Waals surface area contributed by atoms with Crippen molar-refractivity contribution in [2.45, 2.75) is 25.5 Å². The lowest BCUT2D eigenvalue weighted by molar-refractivity contribution is 0.0773. The number of thiophene rings is 1. The molecule has 2 nitrogen and oxygen atoms in total. The molecule has 0 fully saturated rings. The summed E-state index contributed by atoms with van der Waals surface area (Å²) in [6.45, 7) is 2.08. The van der Waals surface area contributed by atoms with Gasteiger partial charge in [0.1, 0.15) is 0 Å². The molecule has 0 saturated heterocycles. The van der Waals surface area contributed by atoms with Crippen LogP contribution in [0.1, 0.15) is 24.9 Å². The predicted octanol–water partition coefficient (Wildman–Crippen LogP) is 2.17. The molecular formula is C9H15NOS. The van der Waals surface area contributed by atoms with Crippen molar-refractivity contribution < 1.29 is 4.74 Å². The highest BCUT2D eigenvalue weighted by Gasteiger charge is 2.16. The molecule has 2 N–H and O–H groups in total. The average Bonchev–Trinajstić information content (AvgIpc) is 2.58. The minimum absolute atomic E-state index is 0.0197. The Labute approximate surface area is 77.3 Å². The molecule has 3 heteroatoms. The Morgan fingerprint density at radius 2 is 2.42 bits per heavy atom. The summed E-state index contributed by atoms with van der Waals surface area (Å²) in [5, 5.41) is 4.12. The fourth-order valence-electron chi connectivity index (χ4n) is 1.25. The third-order valence-corrected chi connectivity index (χ3v) is 2.74. The molecule has 12 heavy (non-hydrogen) atoms. The van der Waals surface area contributed by atoms with Crippen molar-refractivity contribution >= 4 is 11.3 Å². The van der Waals surface area contributed by atoms with Gasteiger partial charge in [0.2, 0.25) is 0 Å². The van der Waals surface area contributed by atoms with Crippen molar-refractivity contribution in [2.75, 3.05) is 7.11 Å². The summed E-state index contributed by atoms with van der Waals surface area (Å²) >= 11 is 1.67. The van der Waals surface area contributed by atoms with E-state index < -0.39 is 0 Å². The van der Waals surface area contributed by atoms with Crippen LogP contribution in [0.5, 0.6) is 0 Å². The second-order valence-electron chi connectivity index (χ2n) is 2.76. The molecule has 1 rings (SSSR count). The summed E-state index contributed by atoms with van der Waals surface area (Å²) in [6.07, 6.45) is 1.09. The van der Waals surface area contributed by atoms with Gasteiger partial charge in [-0.2, -0.15) is 11.3 Å². The van der Waals surface area contributed by atoms with Gasteiger partial charge in [-0.05, 0) is 28.8 Å². The number of methoxy groups -OCH3 is 1. The first kappa shape index (κ1) is 9.71. The molecule has 0 aromatic carbocycles. The largest absolute Gasteiger partial charge is 0.379 e. The van der Waals surface area contributed by atoms with Gasteiger partial charge in [-0.3, -0.25) is 0 Å². The van der Waals surface area contributed by atoms with Gasteiger partial charge in [-0.1, -0.05) is 6.92 Å². The molecule has 0 radical (unpaired) electrons. The standard InChI is InChI=1S/C9H15NOS/c1-3-8(11-2)9(10)7-4-5-12-6-7/h4-6,8-9H,3,10H2,1-2H3. The lowest BCUT2D eigenvalue weighted by Crippen LogP contribution is -2.26. The Hall–Kier alpha value is -0.380. The van der Waals surface area contributed by atoms with Gasteiger partial charge >= 0.3 is 0 Å². The molecule has 1 aromatic rings. The minimum atomic E-state index is 0.0197. The maximum Gasteiger partial charge on any atom is 0.0761 e. The molecule has 0 aliphatic heterocycles. The Bertz CT molecular complexity index is 206. The lowest BCUT2D eigenvalue weighted by atomic mass is 10.0. The molecule has 0 amide bonds. The van der Waals surface area contributed by atoms with Crippen LogP contribution in [0, 0.1) is 0 Å². The van der Waals surface area contributed by atoms with E-state index >= 15 is 0 Å². The number of nitrogens with two attached hydrogens (primary N) is 1. The van der Waals surface area contributed by atoms with E-state index in [-0.39, 0.29) is 12.1 Å². The van der Waals surface area contributed by atoms with Gasteiger partial charge in [0.05, 0.1) is 12.1 Å². The van der Waals surface area contributed by atoms with E-state index in [2.05, 4.69) is 18.4 Å². The number of hydrogen-bond acceptors (Lipinski definition) is 3. The van der Waals surface area contributed by atoms with E-state index in [1.54, 1.807) is 18.4 Å². The summed E-state index contributed by atoms with van der Waals surface area (Å²) in [5.41, 5.74) is 7.16. The molecule has 0 aliphatic rings. The molecule has 0 saturated carbocycles. The van der Waals surface area contributed by atoms with Gasteiger partial charge in [0.15, 0.2) is 0 Å². The summed E-state index contributed by atoms with van der Waals surface area (Å²) in [4.78, 5) is 0. The molecule has 0 aliphatic carbocycles. The lowest BCUT2D eigenvalue weighted by Gasteiger charge is -2.19. The van der Waals surface area contributed by atoms with Gasteiger partial charge in [-0.15, -0.1) is 0 Å². The second kappa shape index (κ2) is 4.60. The SMILES string of the molecule is CCC(OC)C(N)c1ccsc1. The molecular weight excluding hydrogens is 170 g/mol. The van der Waals surface area contributed by atoms with Crippen molar-refractivity contribution in [3.05, 3.63) is 22.4 Å². The van der Waals surface area contributed by atoms with Crippen LogP contribution in [-0.4, -0.2) is 13.2 Å². The van der Waals surface area contributed by atoms with E-state index in [1.807, 2.05) is 5.38 Å². The maximum atomic E-state index is 5.99. The van der Waals surface area contributed by atoms with Crippen LogP contribution in [0.2, 0.25) is 0 Å². The van der Waals surface area contributed by atoms with Crippen molar-refractivity contribution in [1.82, 2.24) is 0 Å². The van der Waals surface area contributed by atoms with E-state index in [1.165, 1.54) is 5.56 Å². The third-order valence-electron chi connectivity index (χ3n) is 2.03. The smallest absolute Gasteiger partial charge is 0.0761 e. The second-order valence-corrected chi connectivity index (χ2v) is 3.54. The van der Waals surface area contributed by atoms with E-state index in [4.69, 9.17) is 10.5 Å². The first-order valence-corrected chi connectivity index (χ1v) is 5.04. The highest BCUT2D eigenvalue weighted by atomic mass is 32.1. The maximum absolute atomic E-state index is 5.99. The van der Waals surface area contributed by atoms with Crippen LogP contribution in [0.4, 0.5) is 0 Å². The van der Waals surface area contributed by atoms with Gasteiger partial charge in [0.25, 0.3) is 0 Å². The Morgan fingerprint density at radius 1 is 1.67 bits per heavy atom. The van der Waals surface area contributed by atoms with Crippen molar-refractivity contribution in [2.24, 2.45) is 5.73 Å². The zero-order chi connectivity index (χ0) is 8.97. The van der Waals surface area contributed by atoms with Crippen molar-refractivity contribution in [1.29, 1.82) is 0 Å². The molecule has 1 aromatic heterocycles. The first-order chi connectivity index (χ1) is 5.79. The van der Waals surface area contributed by atoms with Gasteiger partial charge in [0, 0.05) is 7.11 Å². The Balaban J connectivity index is 2.63. The topological polar surface area (TPSA) is 35.2 Å². The molecule has 0 spiro atoms. The van der Waals surface area contributed by atoms with E-state index in [9.17, 15) is 0 Å². The summed E-state index contributed by atoms with van der Waals surface area (Å²) in [6, 6.07) is 2.07. The number of ether oxygens (including phenoxy) is 1. The summed E-state index contributed by atoms with van der Waals surface area (Å²) in [5.74, 6) is 0. The van der Waals surface area contributed by atoms with E-state index in [0.29, 0.717) is 0 Å². The predicted molar refractivity (Wildman–Crippen MR) is 52.3 cm³/mol. The molecule has 68 valence electrons. The van der Waals surface area contributed by atoms with Crippen LogP contribution in [-0.2, 0) is 4.74 Å². The van der Waals surface area contributed by atoms with Crippen LogP contribution in [0.25, 0.3) is 0 Å². The fraction of sp³-hybridized carbons (Fsp3) is 0.556. The van der Waals surface area contributed by atoms with Crippen LogP contribution < -0.4 is 5.73 Å². The van der Waals surface area contributed by atoms with E-state index in [0.717, 1.165) is 6.42 Å². The third kappa shape index (κ3) is 2.06. The zero-order valence-electron chi connectivity index (χ0n) is 7.49. The quantitative estimate of drug-likeness (QED) is 0.780. The summed E-state index contributed by atoms with van der Waals surface area (Å²) in [7, 11) is 1.71. The van der Waals surface area contributed by atoms with Crippen molar-refractivity contribution in [3.8, 4) is 0 Å². The van der Waals surface area contributed by atoms with Crippen LogP contribution in [0.3, 0.4) is 0 Å². The highest BCUT2D eigenvalue weighted by molar-refractivity contribution is 7.07.